The first kappa shape index (κ1) is 27.9. The molecule has 9 aromatic rings. The van der Waals surface area contributed by atoms with Gasteiger partial charge < -0.3 is 9.32 Å². The van der Waals surface area contributed by atoms with Gasteiger partial charge in [-0.2, -0.15) is 0 Å². The van der Waals surface area contributed by atoms with Crippen LogP contribution in [0.3, 0.4) is 0 Å². The lowest BCUT2D eigenvalue weighted by Crippen LogP contribution is -2.12. The topological polar surface area (TPSA) is 16.4 Å². The average molecular weight is 614 g/mol. The Hall–Kier alpha value is -6.38. The average Bonchev–Trinajstić information content (AvgIpc) is 3.56. The molecule has 1 heterocycles. The largest absolute Gasteiger partial charge is 0.455 e. The molecular weight excluding hydrogens is 583 g/mol. The molecule has 0 saturated heterocycles. The second-order valence-corrected chi connectivity index (χ2v) is 12.1. The maximum Gasteiger partial charge on any atom is 0.143 e. The Morgan fingerprint density at radius 1 is 0.333 bits per heavy atom. The highest BCUT2D eigenvalue weighted by Crippen LogP contribution is 2.47. The normalized spacial score (nSPS) is 11.3. The standard InChI is InChI=1S/C46H31NO/c1-3-15-32(16-4-1)35-20-13-21-36(31-35)47(43-27-11-9-22-37(43)33-17-5-2-6-18-33)44-28-12-10-24-39(44)40-25-14-26-41-42-30-29-34-19-7-8-23-38(34)45(42)48-46(40)41/h1-31H. The van der Waals surface area contributed by atoms with Crippen LogP contribution < -0.4 is 4.90 Å². The highest BCUT2D eigenvalue weighted by molar-refractivity contribution is 6.17. The fourth-order valence-corrected chi connectivity index (χ4v) is 7.03. The van der Waals surface area contributed by atoms with Crippen molar-refractivity contribution in [2.45, 2.75) is 0 Å². The van der Waals surface area contributed by atoms with E-state index in [1.165, 1.54) is 22.1 Å². The third-order valence-corrected chi connectivity index (χ3v) is 9.27. The lowest BCUT2D eigenvalue weighted by molar-refractivity contribution is 0.674. The van der Waals surface area contributed by atoms with Gasteiger partial charge in [-0.25, -0.2) is 0 Å². The summed E-state index contributed by atoms with van der Waals surface area (Å²) in [5, 5.41) is 4.55. The van der Waals surface area contributed by atoms with Gasteiger partial charge in [0.05, 0.1) is 11.4 Å². The van der Waals surface area contributed by atoms with E-state index in [4.69, 9.17) is 4.42 Å². The van der Waals surface area contributed by atoms with E-state index in [2.05, 4.69) is 193 Å². The number of hydrogen-bond donors (Lipinski definition) is 0. The predicted molar refractivity (Wildman–Crippen MR) is 202 cm³/mol. The molecule has 0 aliphatic carbocycles. The third kappa shape index (κ3) is 4.74. The molecular formula is C46H31NO. The first-order chi connectivity index (χ1) is 23.8. The molecule has 0 saturated carbocycles. The second-order valence-electron chi connectivity index (χ2n) is 12.1. The Kier molecular flexibility index (Phi) is 6.84. The Morgan fingerprint density at radius 2 is 0.896 bits per heavy atom. The first-order valence-electron chi connectivity index (χ1n) is 16.4. The molecule has 1 aromatic heterocycles. The molecule has 48 heavy (non-hydrogen) atoms. The van der Waals surface area contributed by atoms with E-state index in [9.17, 15) is 0 Å². The van der Waals surface area contributed by atoms with Gasteiger partial charge in [0.15, 0.2) is 0 Å². The van der Waals surface area contributed by atoms with Gasteiger partial charge in [-0.05, 0) is 52.4 Å². The second kappa shape index (κ2) is 11.8. The molecule has 8 aromatic carbocycles. The molecule has 0 aliphatic heterocycles. The molecule has 226 valence electrons. The Morgan fingerprint density at radius 3 is 1.71 bits per heavy atom. The minimum Gasteiger partial charge on any atom is -0.455 e. The van der Waals surface area contributed by atoms with Crippen LogP contribution in [0.1, 0.15) is 0 Å². The van der Waals surface area contributed by atoms with Crippen LogP contribution in [0, 0.1) is 0 Å². The summed E-state index contributed by atoms with van der Waals surface area (Å²) in [5.41, 5.74) is 11.9. The fraction of sp³-hybridized carbons (Fsp3) is 0. The van der Waals surface area contributed by atoms with Gasteiger partial charge >= 0.3 is 0 Å². The van der Waals surface area contributed by atoms with Gasteiger partial charge in [0.25, 0.3) is 0 Å². The molecule has 2 nitrogen and oxygen atoms in total. The van der Waals surface area contributed by atoms with E-state index in [1.807, 2.05) is 0 Å². The minimum absolute atomic E-state index is 0.894. The van der Waals surface area contributed by atoms with Gasteiger partial charge in [0.2, 0.25) is 0 Å². The number of benzene rings is 8. The molecule has 0 aliphatic rings. The number of nitrogens with zero attached hydrogens (tertiary/aromatic N) is 1. The van der Waals surface area contributed by atoms with Crippen LogP contribution in [0.15, 0.2) is 192 Å². The van der Waals surface area contributed by atoms with Gasteiger partial charge in [-0.3, -0.25) is 0 Å². The van der Waals surface area contributed by atoms with Crippen molar-refractivity contribution in [3.8, 4) is 33.4 Å². The summed E-state index contributed by atoms with van der Waals surface area (Å²) in [6.07, 6.45) is 0. The van der Waals surface area contributed by atoms with Crippen LogP contribution in [0.5, 0.6) is 0 Å². The van der Waals surface area contributed by atoms with E-state index in [-0.39, 0.29) is 0 Å². The van der Waals surface area contributed by atoms with Crippen molar-refractivity contribution in [2.75, 3.05) is 4.90 Å². The predicted octanol–water partition coefficient (Wildman–Crippen LogP) is 13.2. The molecule has 0 amide bonds. The van der Waals surface area contributed by atoms with Crippen LogP contribution in [0.25, 0.3) is 66.1 Å². The van der Waals surface area contributed by atoms with Crippen molar-refractivity contribution in [1.29, 1.82) is 0 Å². The molecule has 0 radical (unpaired) electrons. The van der Waals surface area contributed by atoms with Crippen LogP contribution in [-0.2, 0) is 0 Å². The Bertz CT molecular complexity index is 2560. The maximum absolute atomic E-state index is 6.85. The van der Waals surface area contributed by atoms with E-state index in [0.717, 1.165) is 61.1 Å². The zero-order valence-electron chi connectivity index (χ0n) is 26.3. The van der Waals surface area contributed by atoms with Crippen LogP contribution in [0.2, 0.25) is 0 Å². The van der Waals surface area contributed by atoms with Crippen molar-refractivity contribution in [3.63, 3.8) is 0 Å². The lowest BCUT2D eigenvalue weighted by Gasteiger charge is -2.30. The summed E-state index contributed by atoms with van der Waals surface area (Å²) in [7, 11) is 0. The number of furan rings is 1. The van der Waals surface area contributed by atoms with Gasteiger partial charge in [-0.15, -0.1) is 0 Å². The number of para-hydroxylation sites is 3. The third-order valence-electron chi connectivity index (χ3n) is 9.27. The van der Waals surface area contributed by atoms with Crippen molar-refractivity contribution in [2.24, 2.45) is 0 Å². The van der Waals surface area contributed by atoms with Gasteiger partial charge in [-0.1, -0.05) is 158 Å². The van der Waals surface area contributed by atoms with E-state index >= 15 is 0 Å². The summed E-state index contributed by atoms with van der Waals surface area (Å²) in [6, 6.07) is 66.8. The molecule has 0 atom stereocenters. The zero-order valence-corrected chi connectivity index (χ0v) is 26.3. The molecule has 0 N–H and O–H groups in total. The van der Waals surface area contributed by atoms with Gasteiger partial charge in [0.1, 0.15) is 11.2 Å². The molecule has 0 unspecified atom stereocenters. The monoisotopic (exact) mass is 613 g/mol. The van der Waals surface area contributed by atoms with Crippen molar-refractivity contribution in [3.05, 3.63) is 188 Å². The quantitative estimate of drug-likeness (QED) is 0.185. The van der Waals surface area contributed by atoms with Crippen molar-refractivity contribution >= 4 is 49.8 Å². The van der Waals surface area contributed by atoms with E-state index < -0.39 is 0 Å². The zero-order chi connectivity index (χ0) is 31.9. The summed E-state index contributed by atoms with van der Waals surface area (Å²) >= 11 is 0. The number of fused-ring (bicyclic) bond motifs is 5. The fourth-order valence-electron chi connectivity index (χ4n) is 7.03. The summed E-state index contributed by atoms with van der Waals surface area (Å²) in [6.45, 7) is 0. The Balaban J connectivity index is 1.31. The molecule has 0 fully saturated rings. The maximum atomic E-state index is 6.85. The number of rotatable bonds is 6. The highest BCUT2D eigenvalue weighted by Gasteiger charge is 2.23. The number of hydrogen-bond acceptors (Lipinski definition) is 2. The molecule has 9 rings (SSSR count). The minimum atomic E-state index is 0.894. The van der Waals surface area contributed by atoms with Crippen molar-refractivity contribution in [1.82, 2.24) is 0 Å². The molecule has 2 heteroatoms. The SMILES string of the molecule is c1ccc(-c2cccc(N(c3ccccc3-c3ccccc3)c3ccccc3-c3cccc4c3oc3c5ccccc5ccc43)c2)cc1. The summed E-state index contributed by atoms with van der Waals surface area (Å²) in [4.78, 5) is 2.40. The van der Waals surface area contributed by atoms with E-state index in [0.29, 0.717) is 0 Å². The first-order valence-corrected chi connectivity index (χ1v) is 16.4. The summed E-state index contributed by atoms with van der Waals surface area (Å²) < 4.78 is 6.85. The smallest absolute Gasteiger partial charge is 0.143 e. The lowest BCUT2D eigenvalue weighted by atomic mass is 9.97. The molecule has 0 spiro atoms. The molecule has 0 bridgehead atoms. The van der Waals surface area contributed by atoms with Crippen LogP contribution in [0.4, 0.5) is 17.1 Å². The van der Waals surface area contributed by atoms with Crippen LogP contribution >= 0.6 is 0 Å². The highest BCUT2D eigenvalue weighted by atomic mass is 16.3. The number of anilines is 3. The van der Waals surface area contributed by atoms with E-state index in [1.54, 1.807) is 0 Å². The summed E-state index contributed by atoms with van der Waals surface area (Å²) in [5.74, 6) is 0. The van der Waals surface area contributed by atoms with Crippen LogP contribution in [-0.4, -0.2) is 0 Å². The van der Waals surface area contributed by atoms with Gasteiger partial charge in [0, 0.05) is 38.5 Å². The van der Waals surface area contributed by atoms with Crippen molar-refractivity contribution < 1.29 is 4.42 Å². The Labute approximate surface area is 279 Å².